The van der Waals surface area contributed by atoms with Crippen LogP contribution in [0.25, 0.3) is 0 Å². The number of rotatable bonds is 11. The molecule has 0 amide bonds. The first-order valence-electron chi connectivity index (χ1n) is 13.5. The summed E-state index contributed by atoms with van der Waals surface area (Å²) in [6, 6.07) is 14.3. The van der Waals surface area contributed by atoms with E-state index in [-0.39, 0.29) is 6.10 Å². The maximum absolute atomic E-state index is 10.8. The second-order valence-corrected chi connectivity index (χ2v) is 10.2. The van der Waals surface area contributed by atoms with Crippen molar-refractivity contribution in [3.05, 3.63) is 58.9 Å². The average molecular weight is 506 g/mol. The molecule has 0 aliphatic heterocycles. The highest BCUT2D eigenvalue weighted by Crippen LogP contribution is 2.45. The summed E-state index contributed by atoms with van der Waals surface area (Å²) in [6.07, 6.45) is 8.72. The van der Waals surface area contributed by atoms with Crippen molar-refractivity contribution in [1.29, 1.82) is 5.26 Å². The van der Waals surface area contributed by atoms with Gasteiger partial charge >= 0.3 is 0 Å². The predicted octanol–water partition coefficient (Wildman–Crippen LogP) is 7.20. The van der Waals surface area contributed by atoms with E-state index in [1.807, 2.05) is 36.4 Å². The molecule has 1 unspecified atom stereocenters. The molecular formula is C31H39NO5. The van der Waals surface area contributed by atoms with Gasteiger partial charge in [-0.15, -0.1) is 0 Å². The van der Waals surface area contributed by atoms with Gasteiger partial charge in [-0.3, -0.25) is 0 Å². The fraction of sp³-hybridized carbons (Fsp3) is 0.516. The number of benzene rings is 2. The van der Waals surface area contributed by atoms with Gasteiger partial charge < -0.3 is 24.1 Å². The van der Waals surface area contributed by atoms with Gasteiger partial charge in [0, 0.05) is 6.42 Å². The summed E-state index contributed by atoms with van der Waals surface area (Å²) in [4.78, 5) is 0. The Hall–Kier alpha value is -3.33. The van der Waals surface area contributed by atoms with E-state index >= 15 is 0 Å². The van der Waals surface area contributed by atoms with E-state index in [1.54, 1.807) is 14.2 Å². The normalized spacial score (nSPS) is 19.9. The summed E-state index contributed by atoms with van der Waals surface area (Å²) in [5.41, 5.74) is 2.05. The maximum Gasteiger partial charge on any atom is 0.161 e. The van der Waals surface area contributed by atoms with E-state index in [9.17, 15) is 10.4 Å². The first kappa shape index (κ1) is 26.7. The summed E-state index contributed by atoms with van der Waals surface area (Å²) < 4.78 is 23.3. The number of ether oxygens (including phenoxy) is 4. The molecule has 0 saturated heterocycles. The Morgan fingerprint density at radius 1 is 1.00 bits per heavy atom. The second kappa shape index (κ2) is 12.3. The number of nitrogens with zero attached hydrogens (tertiary/aromatic N) is 1. The van der Waals surface area contributed by atoms with Gasteiger partial charge in [0.15, 0.2) is 23.0 Å². The summed E-state index contributed by atoms with van der Waals surface area (Å²) in [5.74, 6) is 3.17. The molecule has 1 N–H and O–H groups in total. The molecular weight excluding hydrogens is 466 g/mol. The van der Waals surface area contributed by atoms with E-state index in [2.05, 4.69) is 13.0 Å². The van der Waals surface area contributed by atoms with Crippen LogP contribution >= 0.6 is 0 Å². The molecule has 0 spiro atoms. The Morgan fingerprint density at radius 2 is 1.76 bits per heavy atom. The Bertz CT molecular complexity index is 1140. The highest BCUT2D eigenvalue weighted by molar-refractivity contribution is 5.49. The van der Waals surface area contributed by atoms with Gasteiger partial charge in [-0.05, 0) is 92.3 Å². The molecule has 1 saturated carbocycles. The van der Waals surface area contributed by atoms with Crippen LogP contribution in [-0.4, -0.2) is 32.0 Å². The summed E-state index contributed by atoms with van der Waals surface area (Å²) in [5, 5.41) is 21.3. The number of hydrogen-bond acceptors (Lipinski definition) is 6. The van der Waals surface area contributed by atoms with Gasteiger partial charge in [-0.2, -0.15) is 5.26 Å². The number of nitriles is 1. The van der Waals surface area contributed by atoms with Crippen LogP contribution in [0.5, 0.6) is 23.0 Å². The molecule has 0 aromatic heterocycles. The summed E-state index contributed by atoms with van der Waals surface area (Å²) in [7, 11) is 3.28. The van der Waals surface area contributed by atoms with E-state index in [0.717, 1.165) is 48.1 Å². The lowest BCUT2D eigenvalue weighted by atomic mass is 9.69. The number of methoxy groups -OCH3 is 2. The van der Waals surface area contributed by atoms with Crippen LogP contribution in [-0.2, 0) is 11.8 Å². The number of hydrogen-bond donors (Lipinski definition) is 1. The number of allylic oxidation sites excluding steroid dienone is 2. The van der Waals surface area contributed by atoms with E-state index < -0.39 is 5.41 Å². The van der Waals surface area contributed by atoms with Crippen LogP contribution in [0, 0.1) is 11.3 Å². The molecule has 37 heavy (non-hydrogen) atoms. The highest BCUT2D eigenvalue weighted by Gasteiger charge is 2.38. The molecule has 2 aliphatic rings. The van der Waals surface area contributed by atoms with Gasteiger partial charge in [-0.25, -0.2) is 0 Å². The molecule has 6 nitrogen and oxygen atoms in total. The lowest BCUT2D eigenvalue weighted by Gasteiger charge is -2.33. The third kappa shape index (κ3) is 6.15. The van der Waals surface area contributed by atoms with Crippen LogP contribution in [0.2, 0.25) is 0 Å². The van der Waals surface area contributed by atoms with Crippen molar-refractivity contribution in [2.75, 3.05) is 20.8 Å². The molecule has 1 atom stereocenters. The lowest BCUT2D eigenvalue weighted by Crippen LogP contribution is -2.29. The van der Waals surface area contributed by atoms with Crippen molar-refractivity contribution >= 4 is 0 Å². The molecule has 0 bridgehead atoms. The minimum atomic E-state index is -0.741. The quantitative estimate of drug-likeness (QED) is 0.325. The van der Waals surface area contributed by atoms with Gasteiger partial charge in [0.2, 0.25) is 0 Å². The topological polar surface area (TPSA) is 80.9 Å². The van der Waals surface area contributed by atoms with Crippen molar-refractivity contribution < 1.29 is 24.1 Å². The smallest absolute Gasteiger partial charge is 0.161 e. The van der Waals surface area contributed by atoms with Crippen LogP contribution in [0.15, 0.2) is 47.7 Å². The van der Waals surface area contributed by atoms with Crippen molar-refractivity contribution in [2.24, 2.45) is 0 Å². The number of aliphatic hydroxyl groups excluding tert-OH is 1. The molecule has 0 radical (unpaired) electrons. The summed E-state index contributed by atoms with van der Waals surface area (Å²) >= 11 is 0. The molecule has 198 valence electrons. The van der Waals surface area contributed by atoms with Crippen LogP contribution in [0.3, 0.4) is 0 Å². The number of unbranched alkanes of at least 4 members (excludes halogenated alkanes) is 1. The molecule has 2 aliphatic carbocycles. The van der Waals surface area contributed by atoms with Crippen molar-refractivity contribution in [1.82, 2.24) is 0 Å². The average Bonchev–Trinajstić information content (AvgIpc) is 3.44. The molecule has 1 fully saturated rings. The zero-order valence-corrected chi connectivity index (χ0v) is 22.3. The maximum atomic E-state index is 10.8. The highest BCUT2D eigenvalue weighted by atomic mass is 16.5. The fourth-order valence-corrected chi connectivity index (χ4v) is 5.40. The Labute approximate surface area is 220 Å². The van der Waals surface area contributed by atoms with Crippen molar-refractivity contribution in [3.8, 4) is 29.1 Å². The third-order valence-corrected chi connectivity index (χ3v) is 7.64. The van der Waals surface area contributed by atoms with Gasteiger partial charge in [0.1, 0.15) is 0 Å². The zero-order chi connectivity index (χ0) is 26.3. The minimum Gasteiger partial charge on any atom is -0.512 e. The third-order valence-electron chi connectivity index (χ3n) is 7.64. The van der Waals surface area contributed by atoms with Crippen molar-refractivity contribution in [2.45, 2.75) is 82.7 Å². The Kier molecular flexibility index (Phi) is 8.87. The minimum absolute atomic E-state index is 0.192. The lowest BCUT2D eigenvalue weighted by molar-refractivity contribution is 0.200. The molecule has 6 heteroatoms. The monoisotopic (exact) mass is 505 g/mol. The predicted molar refractivity (Wildman–Crippen MR) is 144 cm³/mol. The van der Waals surface area contributed by atoms with Crippen LogP contribution in [0.1, 0.15) is 75.8 Å². The molecule has 0 heterocycles. The Balaban J connectivity index is 1.56. The van der Waals surface area contributed by atoms with E-state index in [4.69, 9.17) is 18.9 Å². The van der Waals surface area contributed by atoms with Crippen LogP contribution in [0.4, 0.5) is 0 Å². The standard InChI is InChI=1S/C31H39NO5/c1-4-5-16-36-28-12-10-22(18-29(28)35-3)17-23-20-31(21-32,15-14-26(23)33)24-11-13-27(34-2)30(19-24)37-25-8-6-7-9-25/h10-13,18-19,25,33H,4-9,14-17,20H2,1-3H3. The molecule has 2 aromatic rings. The van der Waals surface area contributed by atoms with E-state index in [1.165, 1.54) is 12.8 Å². The SMILES string of the molecule is CCCCOc1ccc(CC2=C(O)CCC(C#N)(c3ccc(OC)c(OC4CCCC4)c3)C2)cc1OC. The zero-order valence-electron chi connectivity index (χ0n) is 22.3. The molecule has 4 rings (SSSR count). The second-order valence-electron chi connectivity index (χ2n) is 10.2. The largest absolute Gasteiger partial charge is 0.512 e. The van der Waals surface area contributed by atoms with Crippen molar-refractivity contribution in [3.63, 3.8) is 0 Å². The summed E-state index contributed by atoms with van der Waals surface area (Å²) in [6.45, 7) is 2.78. The first-order chi connectivity index (χ1) is 18.0. The molecule has 2 aromatic carbocycles. The van der Waals surface area contributed by atoms with Crippen LogP contribution < -0.4 is 18.9 Å². The van der Waals surface area contributed by atoms with Gasteiger partial charge in [0.25, 0.3) is 0 Å². The first-order valence-corrected chi connectivity index (χ1v) is 13.5. The number of aliphatic hydroxyl groups is 1. The van der Waals surface area contributed by atoms with Gasteiger partial charge in [-0.1, -0.05) is 25.5 Å². The Morgan fingerprint density at radius 3 is 2.46 bits per heavy atom. The fourth-order valence-electron chi connectivity index (χ4n) is 5.40. The van der Waals surface area contributed by atoms with E-state index in [0.29, 0.717) is 55.3 Å². The van der Waals surface area contributed by atoms with Gasteiger partial charge in [0.05, 0.1) is 44.2 Å².